The summed E-state index contributed by atoms with van der Waals surface area (Å²) in [5.41, 5.74) is 1.26. The molecule has 0 saturated carbocycles. The molecule has 1 fully saturated rings. The van der Waals surface area contributed by atoms with Crippen molar-refractivity contribution in [2.45, 2.75) is 58.2 Å². The number of hydrogen-bond acceptors (Lipinski definition) is 8. The van der Waals surface area contributed by atoms with E-state index in [0.29, 0.717) is 5.69 Å². The normalized spacial score (nSPS) is 26.6. The Morgan fingerprint density at radius 3 is 2.07 bits per heavy atom. The Morgan fingerprint density at radius 1 is 0.828 bits per heavy atom. The summed E-state index contributed by atoms with van der Waals surface area (Å²) in [5, 5.41) is 0.943. The molecule has 8 heteroatoms. The Labute approximate surface area is 168 Å². The zero-order valence-corrected chi connectivity index (χ0v) is 16.7. The molecule has 2 aromatic rings. The van der Waals surface area contributed by atoms with Crippen LogP contribution in [0.2, 0.25) is 0 Å². The van der Waals surface area contributed by atoms with E-state index in [-0.39, 0.29) is 0 Å². The van der Waals surface area contributed by atoms with Crippen molar-refractivity contribution in [3.63, 3.8) is 0 Å². The third-order valence-electron chi connectivity index (χ3n) is 4.59. The molecule has 29 heavy (non-hydrogen) atoms. The van der Waals surface area contributed by atoms with Crippen LogP contribution in [0.1, 0.15) is 39.5 Å². The van der Waals surface area contributed by atoms with Crippen molar-refractivity contribution in [2.75, 3.05) is 0 Å². The molecule has 154 valence electrons. The zero-order valence-electron chi connectivity index (χ0n) is 16.7. The number of benzene rings is 1. The number of aromatic nitrogens is 1. The van der Waals surface area contributed by atoms with Gasteiger partial charge in [0.2, 0.25) is 0 Å². The van der Waals surface area contributed by atoms with Gasteiger partial charge in [0, 0.05) is 26.2 Å². The van der Waals surface area contributed by atoms with Crippen LogP contribution in [0.3, 0.4) is 0 Å². The van der Waals surface area contributed by atoms with Crippen LogP contribution >= 0.6 is 0 Å². The number of rotatable bonds is 4. The fourth-order valence-corrected chi connectivity index (χ4v) is 3.49. The molecule has 3 rings (SSSR count). The summed E-state index contributed by atoms with van der Waals surface area (Å²) >= 11 is 0. The van der Waals surface area contributed by atoms with E-state index in [9.17, 15) is 14.4 Å². The fourth-order valence-electron chi connectivity index (χ4n) is 3.49. The maximum atomic E-state index is 11.8. The molecule has 1 aromatic carbocycles. The van der Waals surface area contributed by atoms with Crippen molar-refractivity contribution in [1.82, 2.24) is 4.98 Å². The molecule has 1 saturated heterocycles. The second-order valence-electron chi connectivity index (χ2n) is 6.91. The van der Waals surface area contributed by atoms with Crippen molar-refractivity contribution in [3.05, 3.63) is 42.1 Å². The van der Waals surface area contributed by atoms with Gasteiger partial charge in [0.1, 0.15) is 6.10 Å². The topological polar surface area (TPSA) is 101 Å². The number of pyridine rings is 1. The van der Waals surface area contributed by atoms with Crippen LogP contribution in [0.4, 0.5) is 0 Å². The van der Waals surface area contributed by atoms with E-state index in [1.807, 2.05) is 30.3 Å². The van der Waals surface area contributed by atoms with E-state index in [1.54, 1.807) is 13.0 Å². The molecule has 5 atom stereocenters. The molecule has 0 radical (unpaired) electrons. The van der Waals surface area contributed by atoms with Crippen LogP contribution in [0, 0.1) is 0 Å². The first kappa shape index (κ1) is 20.7. The van der Waals surface area contributed by atoms with Crippen molar-refractivity contribution in [1.29, 1.82) is 0 Å². The fraction of sp³-hybridized carbons (Fsp3) is 0.429. The highest BCUT2D eigenvalue weighted by molar-refractivity contribution is 5.78. The molecule has 1 aliphatic heterocycles. The van der Waals surface area contributed by atoms with Crippen LogP contribution in [0.15, 0.2) is 36.4 Å². The molecular formula is C21H23NO7. The van der Waals surface area contributed by atoms with Crippen LogP contribution in [-0.4, -0.2) is 47.3 Å². The predicted octanol–water partition coefficient (Wildman–Crippen LogP) is 2.49. The molecule has 0 spiro atoms. The summed E-state index contributed by atoms with van der Waals surface area (Å²) in [7, 11) is 0. The van der Waals surface area contributed by atoms with Gasteiger partial charge in [0.25, 0.3) is 0 Å². The molecule has 0 N–H and O–H groups in total. The average molecular weight is 401 g/mol. The highest BCUT2D eigenvalue weighted by Crippen LogP contribution is 2.37. The molecule has 0 aliphatic carbocycles. The molecule has 2 heterocycles. The largest absolute Gasteiger partial charge is 0.456 e. The van der Waals surface area contributed by atoms with Crippen LogP contribution in [-0.2, 0) is 33.3 Å². The number of nitrogens with zero attached hydrogens (tertiary/aromatic N) is 1. The Balaban J connectivity index is 2.04. The number of carbonyl (C=O) groups is 3. The highest BCUT2D eigenvalue weighted by Gasteiger charge is 2.51. The smallest absolute Gasteiger partial charge is 0.303 e. The van der Waals surface area contributed by atoms with Gasteiger partial charge in [-0.15, -0.1) is 0 Å². The predicted molar refractivity (Wildman–Crippen MR) is 102 cm³/mol. The number of ether oxygens (including phenoxy) is 4. The summed E-state index contributed by atoms with van der Waals surface area (Å²) in [6.07, 6.45) is -4.45. The van der Waals surface area contributed by atoms with E-state index in [4.69, 9.17) is 18.9 Å². The lowest BCUT2D eigenvalue weighted by atomic mass is 9.92. The van der Waals surface area contributed by atoms with E-state index >= 15 is 0 Å². The van der Waals surface area contributed by atoms with Gasteiger partial charge in [0.15, 0.2) is 18.3 Å². The first-order chi connectivity index (χ1) is 13.8. The lowest BCUT2D eigenvalue weighted by Crippen LogP contribution is -2.57. The third-order valence-corrected chi connectivity index (χ3v) is 4.59. The van der Waals surface area contributed by atoms with E-state index < -0.39 is 48.4 Å². The van der Waals surface area contributed by atoms with Gasteiger partial charge in [-0.3, -0.25) is 14.4 Å². The Hall–Kier alpha value is -3.00. The number of esters is 3. The molecule has 1 unspecified atom stereocenters. The maximum Gasteiger partial charge on any atom is 0.303 e. The van der Waals surface area contributed by atoms with Crippen molar-refractivity contribution < 1.29 is 33.3 Å². The molecule has 1 aliphatic rings. The van der Waals surface area contributed by atoms with E-state index in [1.165, 1.54) is 20.8 Å². The Bertz CT molecular complexity index is 928. The molecular weight excluding hydrogens is 378 g/mol. The van der Waals surface area contributed by atoms with Crippen LogP contribution < -0.4 is 0 Å². The molecule has 1 aromatic heterocycles. The standard InChI is InChI=1S/C21H23NO7/c1-11-18(27-12(2)23)20(28-13(3)24)21(29-14(4)25)19(26-11)17-10-9-15-7-5-6-8-16(15)22-17/h5-11,18-21H,1-4H3/t11-,18+,19?,20+,21+/m1/s1. The first-order valence-corrected chi connectivity index (χ1v) is 9.29. The minimum atomic E-state index is -1.04. The minimum absolute atomic E-state index is 0.514. The summed E-state index contributed by atoms with van der Waals surface area (Å²) in [6, 6.07) is 11.2. The average Bonchev–Trinajstić information content (AvgIpc) is 2.65. The molecule has 0 amide bonds. The maximum absolute atomic E-state index is 11.8. The second kappa shape index (κ2) is 8.57. The van der Waals surface area contributed by atoms with Gasteiger partial charge >= 0.3 is 17.9 Å². The molecule has 8 nitrogen and oxygen atoms in total. The Morgan fingerprint density at radius 2 is 1.41 bits per heavy atom. The van der Waals surface area contributed by atoms with Crippen molar-refractivity contribution in [2.24, 2.45) is 0 Å². The van der Waals surface area contributed by atoms with Gasteiger partial charge < -0.3 is 18.9 Å². The van der Waals surface area contributed by atoms with E-state index in [2.05, 4.69) is 4.98 Å². The number of fused-ring (bicyclic) bond motifs is 1. The quantitative estimate of drug-likeness (QED) is 0.569. The van der Waals surface area contributed by atoms with Crippen molar-refractivity contribution in [3.8, 4) is 0 Å². The number of hydrogen-bond donors (Lipinski definition) is 0. The highest BCUT2D eigenvalue weighted by atomic mass is 16.6. The zero-order chi connectivity index (χ0) is 21.1. The SMILES string of the molecule is CC(=O)O[C@@H]1[C@H](OC(C)=O)[C@@H](OC(C)=O)C(c2ccc3ccccc3n2)O[C@@H]1C. The first-order valence-electron chi connectivity index (χ1n) is 9.29. The second-order valence-corrected chi connectivity index (χ2v) is 6.91. The number of carbonyl (C=O) groups excluding carboxylic acids is 3. The lowest BCUT2D eigenvalue weighted by Gasteiger charge is -2.43. The van der Waals surface area contributed by atoms with Gasteiger partial charge in [-0.05, 0) is 19.1 Å². The minimum Gasteiger partial charge on any atom is -0.456 e. The Kier molecular flexibility index (Phi) is 6.12. The third kappa shape index (κ3) is 4.71. The molecule has 0 bridgehead atoms. The lowest BCUT2D eigenvalue weighted by molar-refractivity contribution is -0.246. The van der Waals surface area contributed by atoms with Crippen LogP contribution in [0.5, 0.6) is 0 Å². The van der Waals surface area contributed by atoms with Gasteiger partial charge in [-0.1, -0.05) is 24.3 Å². The van der Waals surface area contributed by atoms with E-state index in [0.717, 1.165) is 10.9 Å². The monoisotopic (exact) mass is 401 g/mol. The summed E-state index contributed by atoms with van der Waals surface area (Å²) in [6.45, 7) is 5.42. The van der Waals surface area contributed by atoms with Gasteiger partial charge in [0.05, 0.1) is 17.3 Å². The van der Waals surface area contributed by atoms with Gasteiger partial charge in [-0.2, -0.15) is 0 Å². The van der Waals surface area contributed by atoms with Crippen molar-refractivity contribution >= 4 is 28.8 Å². The summed E-state index contributed by atoms with van der Waals surface area (Å²) in [4.78, 5) is 39.7. The van der Waals surface area contributed by atoms with Gasteiger partial charge in [-0.25, -0.2) is 4.98 Å². The van der Waals surface area contributed by atoms with Crippen LogP contribution in [0.25, 0.3) is 10.9 Å². The summed E-state index contributed by atoms with van der Waals surface area (Å²) < 4.78 is 22.3. The summed E-state index contributed by atoms with van der Waals surface area (Å²) in [5.74, 6) is -1.74. The number of para-hydroxylation sites is 1.